The van der Waals surface area contributed by atoms with Gasteiger partial charge in [0.1, 0.15) is 0 Å². The molecule has 0 aromatic rings. The summed E-state index contributed by atoms with van der Waals surface area (Å²) >= 11 is 0. The summed E-state index contributed by atoms with van der Waals surface area (Å²) in [6.07, 6.45) is 0. The van der Waals surface area contributed by atoms with Gasteiger partial charge in [0.25, 0.3) is 0 Å². The van der Waals surface area contributed by atoms with E-state index in [9.17, 15) is 9.59 Å². The first-order valence-corrected chi connectivity index (χ1v) is 3.37. The van der Waals surface area contributed by atoms with Crippen LogP contribution in [-0.4, -0.2) is 23.8 Å². The van der Waals surface area contributed by atoms with Gasteiger partial charge in [0.15, 0.2) is 0 Å². The molecule has 0 spiro atoms. The van der Waals surface area contributed by atoms with Crippen molar-refractivity contribution in [3.05, 3.63) is 0 Å². The van der Waals surface area contributed by atoms with Crippen LogP contribution in [0.1, 0.15) is 13.8 Å². The van der Waals surface area contributed by atoms with Crippen LogP contribution in [0.2, 0.25) is 0 Å². The van der Waals surface area contributed by atoms with E-state index in [2.05, 4.69) is 0 Å². The zero-order valence-corrected chi connectivity index (χ0v) is 6.42. The second-order valence-electron chi connectivity index (χ2n) is 2.81. The Balaban J connectivity index is 2.89. The second-order valence-corrected chi connectivity index (χ2v) is 2.81. The summed E-state index contributed by atoms with van der Waals surface area (Å²) in [5.41, 5.74) is 0. The maximum atomic E-state index is 11.0. The van der Waals surface area contributed by atoms with E-state index in [1.54, 1.807) is 13.8 Å². The quantitative estimate of drug-likeness (QED) is 0.454. The Bertz CT molecular complexity index is 168. The Hall–Kier alpha value is -0.860. The van der Waals surface area contributed by atoms with Gasteiger partial charge in [-0.1, -0.05) is 13.8 Å². The van der Waals surface area contributed by atoms with E-state index in [0.717, 1.165) is 0 Å². The molecule has 0 bridgehead atoms. The molecule has 1 aliphatic heterocycles. The van der Waals surface area contributed by atoms with Gasteiger partial charge in [0.05, 0.1) is 0 Å². The van der Waals surface area contributed by atoms with Gasteiger partial charge in [-0.25, -0.2) is 0 Å². The predicted molar refractivity (Wildman–Crippen MR) is 36.1 cm³/mol. The molecule has 0 aliphatic carbocycles. The Morgan fingerprint density at radius 1 is 1.10 bits per heavy atom. The smallest absolute Gasteiger partial charge is 0.232 e. The predicted octanol–water partition coefficient (Wildman–Crippen LogP) is 0.257. The third-order valence-electron chi connectivity index (χ3n) is 2.19. The molecule has 56 valence electrons. The number of amides is 2. The minimum Gasteiger partial charge on any atom is -0.285 e. The van der Waals surface area contributed by atoms with E-state index in [-0.39, 0.29) is 23.7 Å². The van der Waals surface area contributed by atoms with Crippen LogP contribution in [0, 0.1) is 11.8 Å². The van der Waals surface area contributed by atoms with E-state index in [0.29, 0.717) is 0 Å². The van der Waals surface area contributed by atoms with Crippen molar-refractivity contribution in [1.29, 1.82) is 0 Å². The van der Waals surface area contributed by atoms with Crippen molar-refractivity contribution in [2.24, 2.45) is 11.8 Å². The first-order chi connectivity index (χ1) is 4.55. The molecular formula is C7H11NO2. The summed E-state index contributed by atoms with van der Waals surface area (Å²) in [6.45, 7) is 3.57. The highest BCUT2D eigenvalue weighted by Crippen LogP contribution is 2.23. The number of carbonyl (C=O) groups is 2. The molecule has 1 rings (SSSR count). The lowest BCUT2D eigenvalue weighted by molar-refractivity contribution is -0.138. The van der Waals surface area contributed by atoms with Crippen molar-refractivity contribution < 1.29 is 9.59 Å². The second kappa shape index (κ2) is 2.08. The molecule has 1 saturated heterocycles. The molecular weight excluding hydrogens is 130 g/mol. The highest BCUT2D eigenvalue weighted by atomic mass is 16.2. The van der Waals surface area contributed by atoms with E-state index >= 15 is 0 Å². The molecule has 2 amide bonds. The molecule has 0 unspecified atom stereocenters. The van der Waals surface area contributed by atoms with Crippen LogP contribution in [0.15, 0.2) is 0 Å². The summed E-state index contributed by atoms with van der Waals surface area (Å²) in [7, 11) is 1.53. The van der Waals surface area contributed by atoms with E-state index < -0.39 is 0 Å². The average Bonchev–Trinajstić information content (AvgIpc) is 2.07. The molecule has 0 aromatic heterocycles. The molecule has 3 nitrogen and oxygen atoms in total. The number of rotatable bonds is 0. The van der Waals surface area contributed by atoms with Gasteiger partial charge in [0.2, 0.25) is 11.8 Å². The topological polar surface area (TPSA) is 37.4 Å². The monoisotopic (exact) mass is 141 g/mol. The summed E-state index contributed by atoms with van der Waals surface area (Å²) in [5, 5.41) is 0. The third-order valence-corrected chi connectivity index (χ3v) is 2.19. The number of likely N-dealkylation sites (tertiary alicyclic amines) is 1. The fourth-order valence-electron chi connectivity index (χ4n) is 1.15. The lowest BCUT2D eigenvalue weighted by Crippen LogP contribution is -2.25. The first-order valence-electron chi connectivity index (χ1n) is 3.37. The molecule has 0 N–H and O–H groups in total. The zero-order valence-electron chi connectivity index (χ0n) is 6.42. The van der Waals surface area contributed by atoms with Crippen molar-refractivity contribution in [2.75, 3.05) is 7.05 Å². The summed E-state index contributed by atoms with van der Waals surface area (Å²) in [6, 6.07) is 0. The number of hydrogen-bond donors (Lipinski definition) is 0. The Labute approximate surface area is 60.0 Å². The van der Waals surface area contributed by atoms with Crippen molar-refractivity contribution in [2.45, 2.75) is 13.8 Å². The van der Waals surface area contributed by atoms with Gasteiger partial charge in [0, 0.05) is 18.9 Å². The number of carbonyl (C=O) groups excluding carboxylic acids is 2. The van der Waals surface area contributed by atoms with Gasteiger partial charge in [-0.2, -0.15) is 0 Å². The van der Waals surface area contributed by atoms with Crippen molar-refractivity contribution in [3.8, 4) is 0 Å². The number of nitrogens with zero attached hydrogens (tertiary/aromatic N) is 1. The highest BCUT2D eigenvalue weighted by molar-refractivity contribution is 6.04. The maximum absolute atomic E-state index is 11.0. The standard InChI is InChI=1S/C7H11NO2/c1-4-5(2)7(10)8(3)6(4)9/h4-5H,1-3H3/t4-,5+. The third kappa shape index (κ3) is 0.735. The zero-order chi connectivity index (χ0) is 7.89. The van der Waals surface area contributed by atoms with Crippen molar-refractivity contribution in [3.63, 3.8) is 0 Å². The van der Waals surface area contributed by atoms with Crippen LogP contribution in [0.25, 0.3) is 0 Å². The molecule has 0 radical (unpaired) electrons. The van der Waals surface area contributed by atoms with Gasteiger partial charge in [-0.15, -0.1) is 0 Å². The number of imide groups is 1. The largest absolute Gasteiger partial charge is 0.285 e. The normalized spacial score (nSPS) is 33.7. The van der Waals surface area contributed by atoms with Crippen molar-refractivity contribution >= 4 is 11.8 Å². The average molecular weight is 141 g/mol. The molecule has 3 heteroatoms. The van der Waals surface area contributed by atoms with Gasteiger partial charge in [-0.3, -0.25) is 14.5 Å². The molecule has 2 atom stereocenters. The Morgan fingerprint density at radius 3 is 1.50 bits per heavy atom. The summed E-state index contributed by atoms with van der Waals surface area (Å²) in [5.74, 6) is -0.370. The highest BCUT2D eigenvalue weighted by Gasteiger charge is 2.39. The fourth-order valence-corrected chi connectivity index (χ4v) is 1.15. The van der Waals surface area contributed by atoms with E-state index in [4.69, 9.17) is 0 Å². The van der Waals surface area contributed by atoms with E-state index in [1.807, 2.05) is 0 Å². The minimum absolute atomic E-state index is 0.0579. The fraction of sp³-hybridized carbons (Fsp3) is 0.714. The first kappa shape index (κ1) is 7.25. The van der Waals surface area contributed by atoms with Crippen LogP contribution in [0.3, 0.4) is 0 Å². The van der Waals surface area contributed by atoms with E-state index in [1.165, 1.54) is 11.9 Å². The van der Waals surface area contributed by atoms with Crippen LogP contribution in [0.5, 0.6) is 0 Å². The SMILES string of the molecule is C[C@@H]1C(=O)N(C)C(=O)[C@@H]1C. The number of hydrogen-bond acceptors (Lipinski definition) is 2. The van der Waals surface area contributed by atoms with Crippen LogP contribution >= 0.6 is 0 Å². The molecule has 0 saturated carbocycles. The molecule has 1 fully saturated rings. The Morgan fingerprint density at radius 2 is 1.40 bits per heavy atom. The van der Waals surface area contributed by atoms with Gasteiger partial charge >= 0.3 is 0 Å². The maximum Gasteiger partial charge on any atom is 0.232 e. The van der Waals surface area contributed by atoms with Gasteiger partial charge in [-0.05, 0) is 0 Å². The van der Waals surface area contributed by atoms with Crippen molar-refractivity contribution in [1.82, 2.24) is 4.90 Å². The molecule has 1 heterocycles. The molecule has 0 aromatic carbocycles. The summed E-state index contributed by atoms with van der Waals surface area (Å²) in [4.78, 5) is 23.3. The lowest BCUT2D eigenvalue weighted by atomic mass is 10.00. The van der Waals surface area contributed by atoms with Crippen LogP contribution in [0.4, 0.5) is 0 Å². The van der Waals surface area contributed by atoms with Crippen LogP contribution in [-0.2, 0) is 9.59 Å². The van der Waals surface area contributed by atoms with Crippen LogP contribution < -0.4 is 0 Å². The van der Waals surface area contributed by atoms with Gasteiger partial charge < -0.3 is 0 Å². The molecule has 10 heavy (non-hydrogen) atoms. The summed E-state index contributed by atoms with van der Waals surface area (Å²) < 4.78 is 0. The Kier molecular flexibility index (Phi) is 1.50. The molecule has 1 aliphatic rings. The lowest BCUT2D eigenvalue weighted by Gasteiger charge is -2.03. The minimum atomic E-state index is -0.127.